The van der Waals surface area contributed by atoms with Crippen LogP contribution in [0.15, 0.2) is 0 Å². The molecular formula is C15H30N3O2+. The van der Waals surface area contributed by atoms with Crippen LogP contribution in [0.25, 0.3) is 0 Å². The molecule has 3 N–H and O–H groups in total. The van der Waals surface area contributed by atoms with Crippen molar-refractivity contribution >= 4 is 11.9 Å². The summed E-state index contributed by atoms with van der Waals surface area (Å²) >= 11 is 0. The van der Waals surface area contributed by atoms with E-state index in [0.29, 0.717) is 11.8 Å². The Morgan fingerprint density at radius 1 is 1.15 bits per heavy atom. The fraction of sp³-hybridized carbons (Fsp3) is 0.867. The Labute approximate surface area is 122 Å². The molecule has 0 radical (unpaired) electrons. The molecule has 0 aromatic heterocycles. The quantitative estimate of drug-likeness (QED) is 0.694. The molecule has 1 aliphatic heterocycles. The third-order valence-corrected chi connectivity index (χ3v) is 3.76. The standard InChI is InChI=1S/C15H29N3O2/c1-10-7-11(2)9-18(8-10)12(3)13(19)16-14(20)17-15(4,5)6/h10-12H,7-9H2,1-6H3,(H2,16,17,19,20)/p+1/t10-,11-,12+/m1/s1. The van der Waals surface area contributed by atoms with Gasteiger partial charge in [-0.05, 0) is 34.1 Å². The van der Waals surface area contributed by atoms with Crippen LogP contribution in [0.1, 0.15) is 48.0 Å². The number of imide groups is 1. The second-order valence-corrected chi connectivity index (χ2v) is 7.43. The van der Waals surface area contributed by atoms with Gasteiger partial charge in [-0.2, -0.15) is 0 Å². The molecule has 0 unspecified atom stereocenters. The normalized spacial score (nSPS) is 28.6. The van der Waals surface area contributed by atoms with E-state index in [-0.39, 0.29) is 17.5 Å². The van der Waals surface area contributed by atoms with E-state index in [0.717, 1.165) is 13.1 Å². The first-order valence-electron chi connectivity index (χ1n) is 7.56. The van der Waals surface area contributed by atoms with Gasteiger partial charge < -0.3 is 10.2 Å². The van der Waals surface area contributed by atoms with Gasteiger partial charge in [0, 0.05) is 17.4 Å². The lowest BCUT2D eigenvalue weighted by molar-refractivity contribution is -0.925. The number of hydrogen-bond acceptors (Lipinski definition) is 2. The van der Waals surface area contributed by atoms with Gasteiger partial charge >= 0.3 is 6.03 Å². The summed E-state index contributed by atoms with van der Waals surface area (Å²) in [7, 11) is 0. The van der Waals surface area contributed by atoms with Crippen molar-refractivity contribution in [1.29, 1.82) is 0 Å². The van der Waals surface area contributed by atoms with Crippen LogP contribution in [-0.4, -0.2) is 36.6 Å². The highest BCUT2D eigenvalue weighted by atomic mass is 16.2. The number of urea groups is 1. The lowest BCUT2D eigenvalue weighted by atomic mass is 9.91. The summed E-state index contributed by atoms with van der Waals surface area (Å²) < 4.78 is 0. The first-order chi connectivity index (χ1) is 9.08. The minimum absolute atomic E-state index is 0.189. The van der Waals surface area contributed by atoms with E-state index in [4.69, 9.17) is 0 Å². The van der Waals surface area contributed by atoms with Crippen LogP contribution in [0.4, 0.5) is 4.79 Å². The Kier molecular flexibility index (Phi) is 5.57. The number of amides is 3. The minimum atomic E-state index is -0.410. The van der Waals surface area contributed by atoms with Gasteiger partial charge in [0.2, 0.25) is 0 Å². The van der Waals surface area contributed by atoms with Gasteiger partial charge in [0.25, 0.3) is 5.91 Å². The molecule has 1 heterocycles. The van der Waals surface area contributed by atoms with Crippen LogP contribution in [0.2, 0.25) is 0 Å². The molecule has 0 bridgehead atoms. The first-order valence-corrected chi connectivity index (χ1v) is 7.56. The van der Waals surface area contributed by atoms with E-state index < -0.39 is 6.03 Å². The molecule has 0 saturated carbocycles. The lowest BCUT2D eigenvalue weighted by Crippen LogP contribution is -3.18. The number of likely N-dealkylation sites (tertiary alicyclic amines) is 1. The maximum absolute atomic E-state index is 12.2. The number of quaternary nitrogens is 1. The average Bonchev–Trinajstić information content (AvgIpc) is 2.23. The van der Waals surface area contributed by atoms with E-state index in [1.807, 2.05) is 27.7 Å². The van der Waals surface area contributed by atoms with Crippen molar-refractivity contribution in [3.8, 4) is 0 Å². The first kappa shape index (κ1) is 17.0. The Bertz CT molecular complexity index is 353. The zero-order valence-corrected chi connectivity index (χ0v) is 13.7. The average molecular weight is 284 g/mol. The molecule has 20 heavy (non-hydrogen) atoms. The molecule has 1 saturated heterocycles. The Balaban J connectivity index is 2.52. The summed E-state index contributed by atoms with van der Waals surface area (Å²) in [6.45, 7) is 14.0. The highest BCUT2D eigenvalue weighted by Crippen LogP contribution is 2.12. The van der Waals surface area contributed by atoms with Crippen LogP contribution >= 0.6 is 0 Å². The van der Waals surface area contributed by atoms with Crippen molar-refractivity contribution in [2.45, 2.75) is 59.5 Å². The van der Waals surface area contributed by atoms with Crippen LogP contribution in [0.5, 0.6) is 0 Å². The van der Waals surface area contributed by atoms with Crippen molar-refractivity contribution in [1.82, 2.24) is 10.6 Å². The maximum Gasteiger partial charge on any atom is 0.322 e. The number of rotatable bonds is 2. The third-order valence-electron chi connectivity index (χ3n) is 3.76. The summed E-state index contributed by atoms with van der Waals surface area (Å²) in [5.74, 6) is 1.07. The fourth-order valence-corrected chi connectivity index (χ4v) is 2.96. The number of hydrogen-bond donors (Lipinski definition) is 3. The zero-order chi connectivity index (χ0) is 15.5. The molecule has 0 aliphatic carbocycles. The zero-order valence-electron chi connectivity index (χ0n) is 13.7. The monoisotopic (exact) mass is 284 g/mol. The SMILES string of the molecule is C[C@@H]1C[C@@H](C)C[NH+]([C@@H](C)C(=O)NC(=O)NC(C)(C)C)C1. The summed E-state index contributed by atoms with van der Waals surface area (Å²) in [6.07, 6.45) is 1.22. The minimum Gasteiger partial charge on any atom is -0.333 e. The van der Waals surface area contributed by atoms with Gasteiger partial charge in [0.1, 0.15) is 0 Å². The number of piperidine rings is 1. The number of carbonyl (C=O) groups excluding carboxylic acids is 2. The molecule has 0 aromatic carbocycles. The predicted octanol–water partition coefficient (Wildman–Crippen LogP) is 0.560. The molecule has 1 aliphatic rings. The number of carbonyl (C=O) groups is 2. The van der Waals surface area contributed by atoms with Gasteiger partial charge in [-0.25, -0.2) is 4.79 Å². The highest BCUT2D eigenvalue weighted by molar-refractivity contribution is 5.96. The molecule has 3 atom stereocenters. The van der Waals surface area contributed by atoms with Crippen LogP contribution < -0.4 is 15.5 Å². The third kappa shape index (κ3) is 5.49. The molecular weight excluding hydrogens is 254 g/mol. The van der Waals surface area contributed by atoms with Gasteiger partial charge in [-0.1, -0.05) is 13.8 Å². The largest absolute Gasteiger partial charge is 0.333 e. The van der Waals surface area contributed by atoms with Gasteiger partial charge in [-0.15, -0.1) is 0 Å². The topological polar surface area (TPSA) is 62.6 Å². The van der Waals surface area contributed by atoms with Gasteiger partial charge in [-0.3, -0.25) is 10.1 Å². The smallest absolute Gasteiger partial charge is 0.322 e. The number of nitrogens with one attached hydrogen (secondary N) is 3. The van der Waals surface area contributed by atoms with E-state index in [9.17, 15) is 9.59 Å². The van der Waals surface area contributed by atoms with Crippen molar-refractivity contribution in [2.75, 3.05) is 13.1 Å². The molecule has 3 amide bonds. The molecule has 0 spiro atoms. The maximum atomic E-state index is 12.2. The van der Waals surface area contributed by atoms with E-state index in [1.54, 1.807) is 0 Å². The van der Waals surface area contributed by atoms with Crippen LogP contribution in [0, 0.1) is 11.8 Å². The van der Waals surface area contributed by atoms with Crippen molar-refractivity contribution in [3.05, 3.63) is 0 Å². The van der Waals surface area contributed by atoms with Crippen molar-refractivity contribution < 1.29 is 14.5 Å². The Morgan fingerprint density at radius 2 is 1.65 bits per heavy atom. The van der Waals surface area contributed by atoms with Gasteiger partial charge in [0.05, 0.1) is 13.1 Å². The Hall–Kier alpha value is -1.10. The van der Waals surface area contributed by atoms with E-state index in [2.05, 4.69) is 24.5 Å². The highest BCUT2D eigenvalue weighted by Gasteiger charge is 2.33. The summed E-state index contributed by atoms with van der Waals surface area (Å²) in [4.78, 5) is 25.2. The second-order valence-electron chi connectivity index (χ2n) is 7.43. The van der Waals surface area contributed by atoms with E-state index >= 15 is 0 Å². The van der Waals surface area contributed by atoms with Gasteiger partial charge in [0.15, 0.2) is 6.04 Å². The summed E-state index contributed by atoms with van der Waals surface area (Å²) in [6, 6.07) is -0.599. The second kappa shape index (κ2) is 6.57. The summed E-state index contributed by atoms with van der Waals surface area (Å²) in [5, 5.41) is 5.20. The predicted molar refractivity (Wildman–Crippen MR) is 79.5 cm³/mol. The molecule has 5 nitrogen and oxygen atoms in total. The lowest BCUT2D eigenvalue weighted by Gasteiger charge is -2.35. The Morgan fingerprint density at radius 3 is 2.10 bits per heavy atom. The van der Waals surface area contributed by atoms with E-state index in [1.165, 1.54) is 11.3 Å². The molecule has 1 rings (SSSR count). The van der Waals surface area contributed by atoms with Crippen molar-refractivity contribution in [3.63, 3.8) is 0 Å². The summed E-state index contributed by atoms with van der Waals surface area (Å²) in [5.41, 5.74) is -0.339. The van der Waals surface area contributed by atoms with Crippen LogP contribution in [0.3, 0.4) is 0 Å². The van der Waals surface area contributed by atoms with Crippen molar-refractivity contribution in [2.24, 2.45) is 11.8 Å². The molecule has 5 heteroatoms. The molecule has 1 fully saturated rings. The van der Waals surface area contributed by atoms with Crippen LogP contribution in [-0.2, 0) is 4.79 Å². The molecule has 116 valence electrons. The fourth-order valence-electron chi connectivity index (χ4n) is 2.96. The molecule has 0 aromatic rings.